The molecule has 6 aromatic rings. The number of benzene rings is 6. The third kappa shape index (κ3) is 5.07. The van der Waals surface area contributed by atoms with Gasteiger partial charge >= 0.3 is 0 Å². The summed E-state index contributed by atoms with van der Waals surface area (Å²) in [5.41, 5.74) is 13.5. The largest absolute Gasteiger partial charge is 0.0622 e. The Morgan fingerprint density at radius 1 is 0.342 bits per heavy atom. The maximum Gasteiger partial charge on any atom is 0.0136 e. The van der Waals surface area contributed by atoms with E-state index in [1.165, 1.54) is 64.8 Å². The molecule has 0 unspecified atom stereocenters. The van der Waals surface area contributed by atoms with Crippen LogP contribution in [0.25, 0.3) is 55.6 Å². The molecule has 0 aliphatic rings. The molecule has 0 radical (unpaired) electrons. The molecule has 38 heavy (non-hydrogen) atoms. The van der Waals surface area contributed by atoms with Crippen LogP contribution in [0.5, 0.6) is 0 Å². The Balaban J connectivity index is 1.65. The van der Waals surface area contributed by atoms with Crippen LogP contribution in [0.4, 0.5) is 0 Å². The summed E-state index contributed by atoms with van der Waals surface area (Å²) >= 11 is 2.41. The molecule has 0 nitrogen and oxygen atoms in total. The molecule has 0 heterocycles. The minimum absolute atomic E-state index is 1.22. The first-order valence-electron chi connectivity index (χ1n) is 12.9. The Hall–Kier alpha value is -3.95. The van der Waals surface area contributed by atoms with Crippen molar-refractivity contribution < 1.29 is 0 Å². The van der Waals surface area contributed by atoms with Gasteiger partial charge < -0.3 is 0 Å². The fourth-order valence-corrected chi connectivity index (χ4v) is 5.59. The van der Waals surface area contributed by atoms with Gasteiger partial charge in [-0.25, -0.2) is 0 Å². The molecule has 6 rings (SSSR count). The summed E-state index contributed by atoms with van der Waals surface area (Å²) in [6.45, 7) is 2.14. The average molecular weight is 599 g/mol. The molecule has 182 valence electrons. The second-order valence-corrected chi connectivity index (χ2v) is 10.9. The second-order valence-electron chi connectivity index (χ2n) is 9.63. The smallest absolute Gasteiger partial charge is 0.0136 e. The maximum absolute atomic E-state index is 2.41. The van der Waals surface area contributed by atoms with Crippen molar-refractivity contribution >= 4 is 22.6 Å². The van der Waals surface area contributed by atoms with Gasteiger partial charge in [0.2, 0.25) is 0 Å². The zero-order valence-electron chi connectivity index (χ0n) is 21.2. The van der Waals surface area contributed by atoms with Crippen LogP contribution in [0.2, 0.25) is 0 Å². The van der Waals surface area contributed by atoms with E-state index in [4.69, 9.17) is 0 Å². The lowest BCUT2D eigenvalue weighted by molar-refractivity contribution is 1.46. The zero-order valence-corrected chi connectivity index (χ0v) is 23.4. The molecule has 0 atom stereocenters. The number of halogens is 1. The third-order valence-electron chi connectivity index (χ3n) is 7.04. The van der Waals surface area contributed by atoms with Crippen LogP contribution < -0.4 is 0 Å². The van der Waals surface area contributed by atoms with Crippen LogP contribution in [-0.4, -0.2) is 0 Å². The van der Waals surface area contributed by atoms with Crippen LogP contribution in [0.3, 0.4) is 0 Å². The average Bonchev–Trinajstić information content (AvgIpc) is 2.98. The van der Waals surface area contributed by atoms with Crippen molar-refractivity contribution in [3.8, 4) is 55.6 Å². The highest BCUT2D eigenvalue weighted by Crippen LogP contribution is 2.42. The molecule has 6 aromatic carbocycles. The molecular formula is C37H27I. The van der Waals surface area contributed by atoms with Gasteiger partial charge in [0.1, 0.15) is 0 Å². The Bertz CT molecular complexity index is 1700. The van der Waals surface area contributed by atoms with Crippen molar-refractivity contribution in [3.63, 3.8) is 0 Å². The third-order valence-corrected chi connectivity index (χ3v) is 7.71. The van der Waals surface area contributed by atoms with Crippen LogP contribution in [0.15, 0.2) is 146 Å². The Morgan fingerprint density at radius 2 is 0.816 bits per heavy atom. The number of hydrogen-bond donors (Lipinski definition) is 0. The first kappa shape index (κ1) is 24.4. The van der Waals surface area contributed by atoms with Crippen LogP contribution in [0.1, 0.15) is 5.56 Å². The van der Waals surface area contributed by atoms with Crippen LogP contribution in [-0.2, 0) is 0 Å². The van der Waals surface area contributed by atoms with E-state index < -0.39 is 0 Å². The van der Waals surface area contributed by atoms with Crippen molar-refractivity contribution in [3.05, 3.63) is 155 Å². The molecule has 0 aromatic heterocycles. The van der Waals surface area contributed by atoms with Crippen LogP contribution in [0, 0.1) is 10.5 Å². The predicted octanol–water partition coefficient (Wildman–Crippen LogP) is 10.9. The fraction of sp³-hybridized carbons (Fsp3) is 0.0270. The monoisotopic (exact) mass is 598 g/mol. The Kier molecular flexibility index (Phi) is 6.94. The van der Waals surface area contributed by atoms with Gasteiger partial charge in [-0.15, -0.1) is 0 Å². The second kappa shape index (κ2) is 10.8. The molecule has 0 aliphatic heterocycles. The summed E-state index contributed by atoms with van der Waals surface area (Å²) in [5.74, 6) is 0. The summed E-state index contributed by atoms with van der Waals surface area (Å²) in [5, 5.41) is 0. The van der Waals surface area contributed by atoms with Gasteiger partial charge in [-0.05, 0) is 109 Å². The first-order valence-corrected chi connectivity index (χ1v) is 14.0. The molecule has 1 heteroatoms. The standard InChI is InChI=1S/C37H27I/c1-26-15-17-29(18-16-26)34-21-19-30(27-9-4-2-5-10-27)24-36(34)37-25-31(28-11-6-3-7-12-28)20-22-35(37)32-13-8-14-33(38)23-32/h2-25H,1H3. The van der Waals surface area contributed by atoms with E-state index >= 15 is 0 Å². The summed E-state index contributed by atoms with van der Waals surface area (Å²) in [4.78, 5) is 0. The van der Waals surface area contributed by atoms with Crippen molar-refractivity contribution in [2.75, 3.05) is 0 Å². The van der Waals surface area contributed by atoms with E-state index in [0.29, 0.717) is 0 Å². The molecule has 0 fully saturated rings. The normalized spacial score (nSPS) is 10.9. The van der Waals surface area contributed by atoms with E-state index in [0.717, 1.165) is 0 Å². The topological polar surface area (TPSA) is 0 Å². The molecule has 0 aliphatic carbocycles. The number of aryl methyl sites for hydroxylation is 1. The van der Waals surface area contributed by atoms with Crippen molar-refractivity contribution in [1.82, 2.24) is 0 Å². The fourth-order valence-electron chi connectivity index (χ4n) is 5.05. The minimum atomic E-state index is 1.22. The SMILES string of the molecule is Cc1ccc(-c2ccc(-c3ccccc3)cc2-c2cc(-c3ccccc3)ccc2-c2cccc(I)c2)cc1. The molecule has 0 saturated carbocycles. The lowest BCUT2D eigenvalue weighted by Crippen LogP contribution is -1.92. The highest BCUT2D eigenvalue weighted by Gasteiger charge is 2.16. The highest BCUT2D eigenvalue weighted by atomic mass is 127. The highest BCUT2D eigenvalue weighted by molar-refractivity contribution is 14.1. The Morgan fingerprint density at radius 3 is 1.34 bits per heavy atom. The summed E-state index contributed by atoms with van der Waals surface area (Å²) in [7, 11) is 0. The van der Waals surface area contributed by atoms with Gasteiger partial charge in [0.05, 0.1) is 0 Å². The maximum atomic E-state index is 2.41. The first-order chi connectivity index (χ1) is 18.7. The molecular weight excluding hydrogens is 571 g/mol. The van der Waals surface area contributed by atoms with Gasteiger partial charge in [0, 0.05) is 3.57 Å². The minimum Gasteiger partial charge on any atom is -0.0622 e. The van der Waals surface area contributed by atoms with E-state index in [1.807, 2.05) is 0 Å². The molecule has 0 N–H and O–H groups in total. The lowest BCUT2D eigenvalue weighted by Gasteiger charge is -2.18. The molecule has 0 spiro atoms. The van der Waals surface area contributed by atoms with Crippen molar-refractivity contribution in [2.24, 2.45) is 0 Å². The molecule has 0 saturated heterocycles. The van der Waals surface area contributed by atoms with Crippen LogP contribution >= 0.6 is 22.6 Å². The summed E-state index contributed by atoms with van der Waals surface area (Å²) in [6, 6.07) is 52.8. The van der Waals surface area contributed by atoms with E-state index in [9.17, 15) is 0 Å². The molecule has 0 bridgehead atoms. The van der Waals surface area contributed by atoms with Gasteiger partial charge in [0.15, 0.2) is 0 Å². The van der Waals surface area contributed by atoms with E-state index in [1.54, 1.807) is 0 Å². The van der Waals surface area contributed by atoms with Crippen molar-refractivity contribution in [1.29, 1.82) is 0 Å². The van der Waals surface area contributed by atoms with Crippen molar-refractivity contribution in [2.45, 2.75) is 6.92 Å². The molecule has 0 amide bonds. The van der Waals surface area contributed by atoms with E-state index in [-0.39, 0.29) is 0 Å². The van der Waals surface area contributed by atoms with Gasteiger partial charge in [0.25, 0.3) is 0 Å². The van der Waals surface area contributed by atoms with Gasteiger partial charge in [-0.2, -0.15) is 0 Å². The quantitative estimate of drug-likeness (QED) is 0.173. The lowest BCUT2D eigenvalue weighted by atomic mass is 9.85. The summed E-state index contributed by atoms with van der Waals surface area (Å²) < 4.78 is 1.23. The number of rotatable bonds is 5. The number of hydrogen-bond acceptors (Lipinski definition) is 0. The Labute approximate surface area is 238 Å². The van der Waals surface area contributed by atoms with Gasteiger partial charge in [-0.3, -0.25) is 0 Å². The van der Waals surface area contributed by atoms with E-state index in [2.05, 4.69) is 175 Å². The summed E-state index contributed by atoms with van der Waals surface area (Å²) in [6.07, 6.45) is 0. The van der Waals surface area contributed by atoms with Gasteiger partial charge in [-0.1, -0.05) is 127 Å². The zero-order chi connectivity index (χ0) is 25.9. The predicted molar refractivity (Wildman–Crippen MR) is 171 cm³/mol.